The second-order valence-electron chi connectivity index (χ2n) is 5.67. The van der Waals surface area contributed by atoms with Crippen molar-refractivity contribution >= 4 is 17.4 Å². The van der Waals surface area contributed by atoms with Gasteiger partial charge in [-0.3, -0.25) is 14.6 Å². The summed E-state index contributed by atoms with van der Waals surface area (Å²) in [6.07, 6.45) is 3.52. The first-order valence-corrected chi connectivity index (χ1v) is 7.68. The Morgan fingerprint density at radius 2 is 1.46 bits per heavy atom. The third-order valence-corrected chi connectivity index (χ3v) is 4.19. The van der Waals surface area contributed by atoms with Gasteiger partial charge >= 0.3 is 0 Å². The van der Waals surface area contributed by atoms with Crippen LogP contribution in [-0.4, -0.2) is 16.7 Å². The lowest BCUT2D eigenvalue weighted by atomic mass is 10.0. The molecule has 1 aromatic heterocycles. The number of Topliss-reactive ketones (excluding diaryl/α,β-unsaturated/α-hetero) is 1. The molecular formula is C20H14N2O2. The fourth-order valence-electron chi connectivity index (χ4n) is 2.93. The highest BCUT2D eigenvalue weighted by molar-refractivity contribution is 6.52. The molecular weight excluding hydrogens is 300 g/mol. The van der Waals surface area contributed by atoms with Crippen LogP contribution in [-0.2, 0) is 11.3 Å². The highest BCUT2D eigenvalue weighted by Gasteiger charge is 2.35. The van der Waals surface area contributed by atoms with Gasteiger partial charge in [0.2, 0.25) is 0 Å². The van der Waals surface area contributed by atoms with Gasteiger partial charge in [-0.05, 0) is 41.0 Å². The first kappa shape index (κ1) is 14.3. The number of fused-ring (bicyclic) bond motifs is 1. The zero-order valence-corrected chi connectivity index (χ0v) is 12.8. The van der Waals surface area contributed by atoms with E-state index in [0.717, 1.165) is 16.7 Å². The molecule has 0 saturated heterocycles. The van der Waals surface area contributed by atoms with E-state index in [0.29, 0.717) is 17.8 Å². The molecule has 24 heavy (non-hydrogen) atoms. The second kappa shape index (κ2) is 5.74. The minimum Gasteiger partial charge on any atom is -0.300 e. The fraction of sp³-hybridized carbons (Fsp3) is 0.0500. The summed E-state index contributed by atoms with van der Waals surface area (Å²) in [5.74, 6) is -0.895. The van der Waals surface area contributed by atoms with Gasteiger partial charge in [-0.1, -0.05) is 36.4 Å². The van der Waals surface area contributed by atoms with Crippen molar-refractivity contribution in [2.75, 3.05) is 4.90 Å². The summed E-state index contributed by atoms with van der Waals surface area (Å²) in [5.41, 5.74) is 4.33. The van der Waals surface area contributed by atoms with Crippen LogP contribution in [0.15, 0.2) is 73.1 Å². The average Bonchev–Trinajstić information content (AvgIpc) is 2.88. The zero-order chi connectivity index (χ0) is 16.5. The number of aromatic nitrogens is 1. The van der Waals surface area contributed by atoms with Crippen LogP contribution >= 0.6 is 0 Å². The Balaban J connectivity index is 1.60. The topological polar surface area (TPSA) is 50.3 Å². The molecule has 0 bridgehead atoms. The number of carbonyl (C=O) groups excluding carboxylic acids is 2. The lowest BCUT2D eigenvalue weighted by Gasteiger charge is -2.16. The van der Waals surface area contributed by atoms with Crippen LogP contribution in [0, 0.1) is 0 Å². The van der Waals surface area contributed by atoms with Gasteiger partial charge in [-0.25, -0.2) is 0 Å². The highest BCUT2D eigenvalue weighted by Crippen LogP contribution is 2.30. The first-order valence-electron chi connectivity index (χ1n) is 7.68. The molecule has 0 fully saturated rings. The molecule has 0 radical (unpaired) electrons. The molecule has 2 aromatic carbocycles. The summed E-state index contributed by atoms with van der Waals surface area (Å²) in [5, 5.41) is 0. The molecule has 3 aromatic rings. The van der Waals surface area contributed by atoms with Crippen molar-refractivity contribution in [2.45, 2.75) is 6.54 Å². The summed E-state index contributed by atoms with van der Waals surface area (Å²) >= 11 is 0. The number of nitrogens with zero attached hydrogens (tertiary/aromatic N) is 2. The Morgan fingerprint density at radius 1 is 0.792 bits per heavy atom. The van der Waals surface area contributed by atoms with Crippen LogP contribution in [0.3, 0.4) is 0 Å². The highest BCUT2D eigenvalue weighted by atomic mass is 16.2. The molecule has 4 heteroatoms. The molecule has 0 atom stereocenters. The molecule has 0 spiro atoms. The van der Waals surface area contributed by atoms with Crippen molar-refractivity contribution in [3.63, 3.8) is 0 Å². The zero-order valence-electron chi connectivity index (χ0n) is 12.8. The molecule has 4 rings (SSSR count). The van der Waals surface area contributed by atoms with Crippen LogP contribution < -0.4 is 4.90 Å². The number of benzene rings is 2. The number of ketones is 1. The Labute approximate surface area is 139 Å². The molecule has 1 aliphatic heterocycles. The molecule has 0 saturated carbocycles. The summed E-state index contributed by atoms with van der Waals surface area (Å²) in [7, 11) is 0. The fourth-order valence-corrected chi connectivity index (χ4v) is 2.93. The van der Waals surface area contributed by atoms with E-state index in [1.54, 1.807) is 29.4 Å². The minimum absolute atomic E-state index is 0.387. The van der Waals surface area contributed by atoms with Crippen molar-refractivity contribution in [3.05, 3.63) is 84.2 Å². The molecule has 4 nitrogen and oxygen atoms in total. The largest absolute Gasteiger partial charge is 0.300 e. The quantitative estimate of drug-likeness (QED) is 0.695. The number of amides is 1. The van der Waals surface area contributed by atoms with E-state index in [1.165, 1.54) is 0 Å². The van der Waals surface area contributed by atoms with Crippen LogP contribution in [0.5, 0.6) is 0 Å². The van der Waals surface area contributed by atoms with Gasteiger partial charge in [0.05, 0.1) is 17.8 Å². The lowest BCUT2D eigenvalue weighted by molar-refractivity contribution is -0.114. The third-order valence-electron chi connectivity index (χ3n) is 4.19. The predicted molar refractivity (Wildman–Crippen MR) is 91.6 cm³/mol. The van der Waals surface area contributed by atoms with Crippen LogP contribution in [0.1, 0.15) is 15.9 Å². The maximum absolute atomic E-state index is 12.2. The van der Waals surface area contributed by atoms with Crippen molar-refractivity contribution in [2.24, 2.45) is 0 Å². The van der Waals surface area contributed by atoms with Gasteiger partial charge < -0.3 is 4.90 Å². The molecule has 116 valence electrons. The van der Waals surface area contributed by atoms with Crippen LogP contribution in [0.25, 0.3) is 11.1 Å². The molecule has 1 amide bonds. The van der Waals surface area contributed by atoms with Crippen LogP contribution in [0.4, 0.5) is 5.69 Å². The van der Waals surface area contributed by atoms with E-state index < -0.39 is 11.7 Å². The Bertz CT molecular complexity index is 918. The molecule has 1 aliphatic rings. The van der Waals surface area contributed by atoms with Gasteiger partial charge in [0.25, 0.3) is 11.7 Å². The Hall–Kier alpha value is -3.27. The second-order valence-corrected chi connectivity index (χ2v) is 5.67. The van der Waals surface area contributed by atoms with E-state index in [2.05, 4.69) is 4.98 Å². The number of pyridine rings is 1. The maximum atomic E-state index is 12.2. The van der Waals surface area contributed by atoms with E-state index in [1.807, 2.05) is 48.5 Å². The minimum atomic E-state index is -0.464. The van der Waals surface area contributed by atoms with E-state index in [4.69, 9.17) is 0 Å². The van der Waals surface area contributed by atoms with E-state index in [-0.39, 0.29) is 0 Å². The Morgan fingerprint density at radius 3 is 2.21 bits per heavy atom. The van der Waals surface area contributed by atoms with Gasteiger partial charge in [-0.15, -0.1) is 0 Å². The standard InChI is InChI=1S/C20H14N2O2/c23-19-17-3-1-2-4-18(17)22(20(19)24)13-14-5-7-15(8-6-14)16-9-11-21-12-10-16/h1-12H,13H2. The molecule has 0 unspecified atom stereocenters. The van der Waals surface area contributed by atoms with E-state index in [9.17, 15) is 9.59 Å². The van der Waals surface area contributed by atoms with Gasteiger partial charge in [0, 0.05) is 12.4 Å². The summed E-state index contributed by atoms with van der Waals surface area (Å²) in [4.78, 5) is 29.8. The molecule has 0 N–H and O–H groups in total. The Kier molecular flexibility index (Phi) is 3.43. The smallest absolute Gasteiger partial charge is 0.299 e. The molecule has 2 heterocycles. The lowest BCUT2D eigenvalue weighted by Crippen LogP contribution is -2.29. The van der Waals surface area contributed by atoms with E-state index >= 15 is 0 Å². The number of hydrogen-bond donors (Lipinski definition) is 0. The third kappa shape index (κ3) is 2.38. The van der Waals surface area contributed by atoms with Crippen LogP contribution in [0.2, 0.25) is 0 Å². The maximum Gasteiger partial charge on any atom is 0.299 e. The molecule has 0 aliphatic carbocycles. The number of rotatable bonds is 3. The predicted octanol–water partition coefficient (Wildman–Crippen LogP) is 3.48. The van der Waals surface area contributed by atoms with Gasteiger partial charge in [0.15, 0.2) is 0 Å². The van der Waals surface area contributed by atoms with Crippen molar-refractivity contribution in [3.8, 4) is 11.1 Å². The van der Waals surface area contributed by atoms with Crippen molar-refractivity contribution < 1.29 is 9.59 Å². The first-order chi connectivity index (χ1) is 11.7. The SMILES string of the molecule is O=C1C(=O)N(Cc2ccc(-c3ccncc3)cc2)c2ccccc21. The number of anilines is 1. The normalized spacial score (nSPS) is 13.2. The monoisotopic (exact) mass is 314 g/mol. The average molecular weight is 314 g/mol. The van der Waals surface area contributed by atoms with Crippen molar-refractivity contribution in [1.82, 2.24) is 4.98 Å². The number of para-hydroxylation sites is 1. The summed E-state index contributed by atoms with van der Waals surface area (Å²) in [6, 6.07) is 19.0. The number of carbonyl (C=O) groups is 2. The summed E-state index contributed by atoms with van der Waals surface area (Å²) < 4.78 is 0. The van der Waals surface area contributed by atoms with Crippen molar-refractivity contribution in [1.29, 1.82) is 0 Å². The van der Waals surface area contributed by atoms with Gasteiger partial charge in [-0.2, -0.15) is 0 Å². The van der Waals surface area contributed by atoms with Gasteiger partial charge in [0.1, 0.15) is 0 Å². The summed E-state index contributed by atoms with van der Waals surface area (Å²) in [6.45, 7) is 0.387. The number of hydrogen-bond acceptors (Lipinski definition) is 3.